The van der Waals surface area contributed by atoms with Gasteiger partial charge in [0.15, 0.2) is 0 Å². The van der Waals surface area contributed by atoms with Crippen LogP contribution in [0, 0.1) is 0 Å². The number of nitrogens with two attached hydrogens (primary N) is 1. The Morgan fingerprint density at radius 3 is 2.50 bits per heavy atom. The summed E-state index contributed by atoms with van der Waals surface area (Å²) >= 11 is 0. The van der Waals surface area contributed by atoms with E-state index in [0.717, 1.165) is 26.1 Å². The summed E-state index contributed by atoms with van der Waals surface area (Å²) in [5.74, 6) is 0.666. The fraction of sp³-hybridized carbons (Fsp3) is 0.571. The molecule has 0 spiro atoms. The molecule has 0 saturated carbocycles. The van der Waals surface area contributed by atoms with E-state index in [1.54, 1.807) is 0 Å². The van der Waals surface area contributed by atoms with Gasteiger partial charge in [-0.2, -0.15) is 0 Å². The molecule has 1 rings (SSSR count). The van der Waals surface area contributed by atoms with E-state index < -0.39 is 0 Å². The van der Waals surface area contributed by atoms with E-state index in [2.05, 4.69) is 43.4 Å². The highest BCUT2D eigenvalue weighted by molar-refractivity contribution is 5.24. The summed E-state index contributed by atoms with van der Waals surface area (Å²) < 4.78 is 0. The molecule has 0 saturated heterocycles. The molecule has 0 heterocycles. The molecule has 16 heavy (non-hydrogen) atoms. The van der Waals surface area contributed by atoms with Crippen LogP contribution in [0.3, 0.4) is 0 Å². The van der Waals surface area contributed by atoms with Gasteiger partial charge >= 0.3 is 0 Å². The predicted molar refractivity (Wildman–Crippen MR) is 70.5 cm³/mol. The minimum absolute atomic E-state index is 0.666. The molecule has 1 atom stereocenters. The quantitative estimate of drug-likeness (QED) is 0.693. The van der Waals surface area contributed by atoms with Crippen molar-refractivity contribution in [3.63, 3.8) is 0 Å². The molecule has 1 aromatic rings. The van der Waals surface area contributed by atoms with E-state index in [9.17, 15) is 0 Å². The molecule has 0 aliphatic heterocycles. The van der Waals surface area contributed by atoms with Crippen LogP contribution in [0.4, 0.5) is 0 Å². The van der Waals surface area contributed by atoms with Crippen LogP contribution in [-0.4, -0.2) is 13.1 Å². The first kappa shape index (κ1) is 13.2. The minimum atomic E-state index is 0.666. The van der Waals surface area contributed by atoms with Gasteiger partial charge in [0, 0.05) is 6.54 Å². The lowest BCUT2D eigenvalue weighted by Crippen LogP contribution is -2.17. The average Bonchev–Trinajstić information content (AvgIpc) is 2.34. The molecule has 90 valence electrons. The van der Waals surface area contributed by atoms with Gasteiger partial charge in [0.05, 0.1) is 0 Å². The monoisotopic (exact) mass is 220 g/mol. The highest BCUT2D eigenvalue weighted by Crippen LogP contribution is 2.18. The second-order valence-electron chi connectivity index (χ2n) is 4.37. The average molecular weight is 220 g/mol. The second kappa shape index (κ2) is 7.42. The maximum absolute atomic E-state index is 5.44. The molecule has 3 N–H and O–H groups in total. The summed E-state index contributed by atoms with van der Waals surface area (Å²) in [6, 6.07) is 8.93. The van der Waals surface area contributed by atoms with Gasteiger partial charge < -0.3 is 11.1 Å². The second-order valence-corrected chi connectivity index (χ2v) is 4.37. The largest absolute Gasteiger partial charge is 0.330 e. The lowest BCUT2D eigenvalue weighted by molar-refractivity contribution is 0.654. The topological polar surface area (TPSA) is 38.0 Å². The summed E-state index contributed by atoms with van der Waals surface area (Å²) in [5.41, 5.74) is 8.23. The zero-order valence-corrected chi connectivity index (χ0v) is 10.5. The van der Waals surface area contributed by atoms with E-state index in [1.165, 1.54) is 17.5 Å². The van der Waals surface area contributed by atoms with Crippen molar-refractivity contribution in [3.8, 4) is 0 Å². The van der Waals surface area contributed by atoms with Crippen molar-refractivity contribution >= 4 is 0 Å². The number of hydrogen-bond acceptors (Lipinski definition) is 2. The molecule has 0 radical (unpaired) electrons. The molecular formula is C14H24N2. The van der Waals surface area contributed by atoms with Gasteiger partial charge in [-0.15, -0.1) is 0 Å². The summed E-state index contributed by atoms with van der Waals surface area (Å²) in [6.45, 7) is 7.21. The maximum atomic E-state index is 5.44. The normalized spacial score (nSPS) is 12.7. The molecule has 0 bridgehead atoms. The Hall–Kier alpha value is -0.860. The van der Waals surface area contributed by atoms with E-state index in [0.29, 0.717) is 5.92 Å². The van der Waals surface area contributed by atoms with Crippen molar-refractivity contribution in [2.75, 3.05) is 13.1 Å². The standard InChI is InChI=1S/C14H24N2/c1-3-12(2)14-7-5-13(6-8-14)11-16-10-4-9-15/h5-8,12,16H,3-4,9-11,15H2,1-2H3. The molecule has 2 nitrogen and oxygen atoms in total. The molecule has 1 aromatic carbocycles. The summed E-state index contributed by atoms with van der Waals surface area (Å²) in [6.07, 6.45) is 2.25. The van der Waals surface area contributed by atoms with Crippen LogP contribution in [0.15, 0.2) is 24.3 Å². The molecule has 0 fully saturated rings. The van der Waals surface area contributed by atoms with Crippen LogP contribution < -0.4 is 11.1 Å². The van der Waals surface area contributed by atoms with Crippen LogP contribution in [0.5, 0.6) is 0 Å². The zero-order valence-electron chi connectivity index (χ0n) is 10.5. The summed E-state index contributed by atoms with van der Waals surface area (Å²) in [4.78, 5) is 0. The van der Waals surface area contributed by atoms with Gasteiger partial charge in [0.1, 0.15) is 0 Å². The van der Waals surface area contributed by atoms with Crippen LogP contribution in [0.2, 0.25) is 0 Å². The Morgan fingerprint density at radius 1 is 1.25 bits per heavy atom. The fourth-order valence-electron chi connectivity index (χ4n) is 1.66. The Bertz CT molecular complexity index is 279. The lowest BCUT2D eigenvalue weighted by Gasteiger charge is -2.10. The fourth-order valence-corrected chi connectivity index (χ4v) is 1.66. The Labute approximate surface area is 99.2 Å². The zero-order chi connectivity index (χ0) is 11.8. The van der Waals surface area contributed by atoms with Crippen LogP contribution >= 0.6 is 0 Å². The molecule has 0 amide bonds. The molecular weight excluding hydrogens is 196 g/mol. The van der Waals surface area contributed by atoms with Gasteiger partial charge in [-0.3, -0.25) is 0 Å². The molecule has 0 aromatic heterocycles. The van der Waals surface area contributed by atoms with Gasteiger partial charge in [0.2, 0.25) is 0 Å². The molecule has 0 aliphatic rings. The van der Waals surface area contributed by atoms with Crippen molar-refractivity contribution in [2.24, 2.45) is 5.73 Å². The first-order chi connectivity index (χ1) is 7.77. The third-order valence-electron chi connectivity index (χ3n) is 3.05. The number of nitrogens with one attached hydrogen (secondary N) is 1. The molecule has 1 unspecified atom stereocenters. The van der Waals surface area contributed by atoms with Crippen molar-refractivity contribution in [2.45, 2.75) is 39.2 Å². The Morgan fingerprint density at radius 2 is 1.94 bits per heavy atom. The van der Waals surface area contributed by atoms with E-state index in [1.807, 2.05) is 0 Å². The Kier molecular flexibility index (Phi) is 6.12. The van der Waals surface area contributed by atoms with Crippen molar-refractivity contribution in [1.29, 1.82) is 0 Å². The van der Waals surface area contributed by atoms with Crippen molar-refractivity contribution in [1.82, 2.24) is 5.32 Å². The van der Waals surface area contributed by atoms with Crippen LogP contribution in [-0.2, 0) is 6.54 Å². The first-order valence-corrected chi connectivity index (χ1v) is 6.27. The predicted octanol–water partition coefficient (Wildman–Crippen LogP) is 2.64. The van der Waals surface area contributed by atoms with Crippen LogP contribution in [0.1, 0.15) is 43.7 Å². The van der Waals surface area contributed by atoms with Gasteiger partial charge in [0.25, 0.3) is 0 Å². The number of rotatable bonds is 7. The van der Waals surface area contributed by atoms with E-state index >= 15 is 0 Å². The van der Waals surface area contributed by atoms with Crippen molar-refractivity contribution in [3.05, 3.63) is 35.4 Å². The van der Waals surface area contributed by atoms with Crippen LogP contribution in [0.25, 0.3) is 0 Å². The Balaban J connectivity index is 2.39. The SMILES string of the molecule is CCC(C)c1ccc(CNCCCN)cc1. The highest BCUT2D eigenvalue weighted by atomic mass is 14.8. The summed E-state index contributed by atoms with van der Waals surface area (Å²) in [5, 5.41) is 3.39. The van der Waals surface area contributed by atoms with Gasteiger partial charge in [-0.25, -0.2) is 0 Å². The molecule has 0 aliphatic carbocycles. The number of hydrogen-bond donors (Lipinski definition) is 2. The molecule has 2 heteroatoms. The van der Waals surface area contributed by atoms with Crippen molar-refractivity contribution < 1.29 is 0 Å². The van der Waals surface area contributed by atoms with Gasteiger partial charge in [-0.05, 0) is 43.0 Å². The van der Waals surface area contributed by atoms with E-state index in [-0.39, 0.29) is 0 Å². The number of benzene rings is 1. The first-order valence-electron chi connectivity index (χ1n) is 6.27. The van der Waals surface area contributed by atoms with Gasteiger partial charge in [-0.1, -0.05) is 38.1 Å². The highest BCUT2D eigenvalue weighted by Gasteiger charge is 2.01. The lowest BCUT2D eigenvalue weighted by atomic mass is 9.98. The maximum Gasteiger partial charge on any atom is 0.0205 e. The summed E-state index contributed by atoms with van der Waals surface area (Å²) in [7, 11) is 0. The van der Waals surface area contributed by atoms with E-state index in [4.69, 9.17) is 5.73 Å². The minimum Gasteiger partial charge on any atom is -0.330 e. The third kappa shape index (κ3) is 4.33. The third-order valence-corrected chi connectivity index (χ3v) is 3.05. The smallest absolute Gasteiger partial charge is 0.0205 e.